The first-order valence-corrected chi connectivity index (χ1v) is 12.6. The molecule has 0 aliphatic carbocycles. The van der Waals surface area contributed by atoms with Gasteiger partial charge in [0.1, 0.15) is 5.75 Å². The molecular weight excluding hydrogens is 428 g/mol. The number of aryl methyl sites for hydroxylation is 1. The summed E-state index contributed by atoms with van der Waals surface area (Å²) in [6, 6.07) is 14.8. The van der Waals surface area contributed by atoms with Crippen molar-refractivity contribution in [3.8, 4) is 5.75 Å². The van der Waals surface area contributed by atoms with Crippen molar-refractivity contribution < 1.29 is 22.7 Å². The molecule has 1 amide bonds. The van der Waals surface area contributed by atoms with Gasteiger partial charge in [-0.05, 0) is 62.1 Å². The summed E-state index contributed by atoms with van der Waals surface area (Å²) in [6.07, 6.45) is 1.84. The van der Waals surface area contributed by atoms with Crippen LogP contribution in [-0.2, 0) is 26.9 Å². The number of nitrogens with one attached hydrogen (secondary N) is 1. The number of benzene rings is 2. The molecule has 1 aliphatic rings. The Morgan fingerprint density at radius 2 is 1.66 bits per heavy atom. The molecular formula is C24H32N2O5S. The fourth-order valence-electron chi connectivity index (χ4n) is 3.48. The molecule has 3 rings (SSSR count). The Labute approximate surface area is 190 Å². The van der Waals surface area contributed by atoms with E-state index in [1.165, 1.54) is 9.87 Å². The highest BCUT2D eigenvalue weighted by molar-refractivity contribution is 7.88. The molecule has 7 nitrogen and oxygen atoms in total. The van der Waals surface area contributed by atoms with Crippen LogP contribution in [0.25, 0.3) is 0 Å². The molecule has 174 valence electrons. The lowest BCUT2D eigenvalue weighted by molar-refractivity contribution is 0.0729. The van der Waals surface area contributed by atoms with Gasteiger partial charge in [-0.25, -0.2) is 8.42 Å². The van der Waals surface area contributed by atoms with E-state index in [1.807, 2.05) is 38.1 Å². The van der Waals surface area contributed by atoms with Crippen LogP contribution in [0.4, 0.5) is 0 Å². The fourth-order valence-corrected chi connectivity index (χ4v) is 4.98. The van der Waals surface area contributed by atoms with E-state index in [4.69, 9.17) is 9.47 Å². The zero-order valence-electron chi connectivity index (χ0n) is 18.7. The zero-order valence-corrected chi connectivity index (χ0v) is 19.6. The van der Waals surface area contributed by atoms with E-state index in [0.717, 1.165) is 18.6 Å². The Balaban J connectivity index is 1.42. The van der Waals surface area contributed by atoms with Crippen molar-refractivity contribution in [3.63, 3.8) is 0 Å². The molecule has 1 N–H and O–H groups in total. The van der Waals surface area contributed by atoms with Gasteiger partial charge in [-0.1, -0.05) is 24.3 Å². The summed E-state index contributed by atoms with van der Waals surface area (Å²) in [5.74, 6) is 0.627. The number of nitrogens with zero attached hydrogens (tertiary/aromatic N) is 1. The third-order valence-electron chi connectivity index (χ3n) is 5.15. The minimum absolute atomic E-state index is 0.0735. The monoisotopic (exact) mass is 460 g/mol. The Morgan fingerprint density at radius 3 is 2.28 bits per heavy atom. The van der Waals surface area contributed by atoms with Crippen LogP contribution in [0.15, 0.2) is 48.5 Å². The Kier molecular flexibility index (Phi) is 8.67. The first-order valence-electron chi connectivity index (χ1n) is 11.0. The number of carbonyl (C=O) groups is 1. The number of sulfonamides is 1. The Bertz CT molecular complexity index is 966. The van der Waals surface area contributed by atoms with Crippen molar-refractivity contribution in [2.24, 2.45) is 0 Å². The standard InChI is InChI=1S/C24H32N2O5S/c1-19(2)31-23-11-7-20(8-12-23)4-3-13-25-24(27)22-9-5-21(6-10-22)18-32(28,29)26-14-16-30-17-15-26/h5-12,19H,3-4,13-18H2,1-2H3,(H,25,27). The van der Waals surface area contributed by atoms with Crippen LogP contribution in [-0.4, -0.2) is 57.6 Å². The van der Waals surface area contributed by atoms with Crippen molar-refractivity contribution in [2.45, 2.75) is 38.5 Å². The molecule has 1 fully saturated rings. The molecule has 2 aromatic carbocycles. The maximum atomic E-state index is 12.5. The van der Waals surface area contributed by atoms with Crippen molar-refractivity contribution in [1.29, 1.82) is 0 Å². The molecule has 8 heteroatoms. The van der Waals surface area contributed by atoms with Gasteiger partial charge in [-0.15, -0.1) is 0 Å². The molecule has 0 atom stereocenters. The van der Waals surface area contributed by atoms with Gasteiger partial charge >= 0.3 is 0 Å². The SMILES string of the molecule is CC(C)Oc1ccc(CCCNC(=O)c2ccc(CS(=O)(=O)N3CCOCC3)cc2)cc1. The molecule has 0 saturated carbocycles. The van der Waals surface area contributed by atoms with Crippen LogP contribution in [0.1, 0.15) is 41.8 Å². The summed E-state index contributed by atoms with van der Waals surface area (Å²) in [5.41, 5.74) is 2.38. The van der Waals surface area contributed by atoms with Gasteiger partial charge < -0.3 is 14.8 Å². The topological polar surface area (TPSA) is 84.9 Å². The summed E-state index contributed by atoms with van der Waals surface area (Å²) >= 11 is 0. The minimum atomic E-state index is -3.38. The highest BCUT2D eigenvalue weighted by atomic mass is 32.2. The predicted molar refractivity (Wildman–Crippen MR) is 124 cm³/mol. The first-order chi connectivity index (χ1) is 15.3. The van der Waals surface area contributed by atoms with Crippen molar-refractivity contribution >= 4 is 15.9 Å². The lowest BCUT2D eigenvalue weighted by Crippen LogP contribution is -2.41. The predicted octanol–water partition coefficient (Wildman–Crippen LogP) is 3.00. The van der Waals surface area contributed by atoms with Crippen LogP contribution in [0, 0.1) is 0 Å². The number of ether oxygens (including phenoxy) is 2. The summed E-state index contributed by atoms with van der Waals surface area (Å²) in [6.45, 7) is 6.19. The second-order valence-electron chi connectivity index (χ2n) is 8.13. The summed E-state index contributed by atoms with van der Waals surface area (Å²) in [4.78, 5) is 12.4. The molecule has 0 aromatic heterocycles. The van der Waals surface area contributed by atoms with Crippen molar-refractivity contribution in [2.75, 3.05) is 32.8 Å². The Hall–Kier alpha value is -2.42. The largest absolute Gasteiger partial charge is 0.491 e. The molecule has 0 radical (unpaired) electrons. The molecule has 2 aromatic rings. The van der Waals surface area contributed by atoms with E-state index in [2.05, 4.69) is 5.32 Å². The lowest BCUT2D eigenvalue weighted by atomic mass is 10.1. The third-order valence-corrected chi connectivity index (χ3v) is 7.00. The number of hydrogen-bond donors (Lipinski definition) is 1. The lowest BCUT2D eigenvalue weighted by Gasteiger charge is -2.26. The molecule has 1 saturated heterocycles. The van der Waals surface area contributed by atoms with E-state index < -0.39 is 10.0 Å². The molecule has 0 bridgehead atoms. The van der Waals surface area contributed by atoms with E-state index in [0.29, 0.717) is 44.0 Å². The molecule has 0 spiro atoms. The molecule has 1 aliphatic heterocycles. The van der Waals surface area contributed by atoms with Crippen LogP contribution in [0.5, 0.6) is 5.75 Å². The molecule has 0 unspecified atom stereocenters. The van der Waals surface area contributed by atoms with E-state index >= 15 is 0 Å². The maximum Gasteiger partial charge on any atom is 0.251 e. The van der Waals surface area contributed by atoms with Gasteiger partial charge in [0, 0.05) is 25.2 Å². The second kappa shape index (κ2) is 11.4. The van der Waals surface area contributed by atoms with Crippen LogP contribution in [0.2, 0.25) is 0 Å². The number of rotatable bonds is 10. The number of morpholine rings is 1. The van der Waals surface area contributed by atoms with E-state index in [9.17, 15) is 13.2 Å². The fraction of sp³-hybridized carbons (Fsp3) is 0.458. The maximum absolute atomic E-state index is 12.5. The van der Waals surface area contributed by atoms with Gasteiger partial charge in [-0.2, -0.15) is 4.31 Å². The average molecular weight is 461 g/mol. The van der Waals surface area contributed by atoms with Crippen molar-refractivity contribution in [1.82, 2.24) is 9.62 Å². The number of amides is 1. The zero-order chi connectivity index (χ0) is 23.0. The van der Waals surface area contributed by atoms with Gasteiger partial charge in [0.05, 0.1) is 25.1 Å². The van der Waals surface area contributed by atoms with Gasteiger partial charge in [0.2, 0.25) is 10.0 Å². The highest BCUT2D eigenvalue weighted by Crippen LogP contribution is 2.15. The van der Waals surface area contributed by atoms with Crippen LogP contribution >= 0.6 is 0 Å². The summed E-state index contributed by atoms with van der Waals surface area (Å²) in [7, 11) is -3.38. The van der Waals surface area contributed by atoms with Gasteiger partial charge in [0.25, 0.3) is 5.91 Å². The average Bonchev–Trinajstić information content (AvgIpc) is 2.78. The van der Waals surface area contributed by atoms with Gasteiger partial charge in [0.15, 0.2) is 0 Å². The second-order valence-corrected chi connectivity index (χ2v) is 10.1. The van der Waals surface area contributed by atoms with Gasteiger partial charge in [-0.3, -0.25) is 4.79 Å². The number of hydrogen-bond acceptors (Lipinski definition) is 5. The first kappa shape index (κ1) is 24.2. The smallest absolute Gasteiger partial charge is 0.251 e. The summed E-state index contributed by atoms with van der Waals surface area (Å²) < 4.78 is 37.3. The van der Waals surface area contributed by atoms with Crippen LogP contribution < -0.4 is 10.1 Å². The minimum Gasteiger partial charge on any atom is -0.491 e. The molecule has 1 heterocycles. The number of carbonyl (C=O) groups excluding carboxylic acids is 1. The van der Waals surface area contributed by atoms with Crippen LogP contribution in [0.3, 0.4) is 0 Å². The summed E-state index contributed by atoms with van der Waals surface area (Å²) in [5, 5.41) is 2.92. The van der Waals surface area contributed by atoms with E-state index in [-0.39, 0.29) is 17.8 Å². The normalized spacial score (nSPS) is 15.0. The highest BCUT2D eigenvalue weighted by Gasteiger charge is 2.24. The van der Waals surface area contributed by atoms with E-state index in [1.54, 1.807) is 24.3 Å². The third kappa shape index (κ3) is 7.32. The molecule has 32 heavy (non-hydrogen) atoms. The quantitative estimate of drug-likeness (QED) is 0.551. The Morgan fingerprint density at radius 1 is 1.03 bits per heavy atom. The van der Waals surface area contributed by atoms with Crippen molar-refractivity contribution in [3.05, 3.63) is 65.2 Å².